The Labute approximate surface area is 88.3 Å². The van der Waals surface area contributed by atoms with Gasteiger partial charge in [-0.05, 0) is 6.07 Å². The van der Waals surface area contributed by atoms with Gasteiger partial charge >= 0.3 is 5.97 Å². The molecular formula is C9H5F3N2O2. The van der Waals surface area contributed by atoms with Crippen LogP contribution in [-0.4, -0.2) is 18.1 Å². The molecule has 0 N–H and O–H groups in total. The lowest BCUT2D eigenvalue weighted by atomic mass is 10.1. The molecule has 0 saturated carbocycles. The highest BCUT2D eigenvalue weighted by Crippen LogP contribution is 2.23. The van der Waals surface area contributed by atoms with Crippen molar-refractivity contribution in [2.75, 3.05) is 7.11 Å². The second-order valence-electron chi connectivity index (χ2n) is 2.66. The minimum absolute atomic E-state index is 0.513. The topological polar surface area (TPSA) is 63.0 Å². The summed E-state index contributed by atoms with van der Waals surface area (Å²) in [4.78, 5) is 14.1. The zero-order chi connectivity index (χ0) is 12.3. The Bertz CT molecular complexity index is 469. The normalized spacial score (nSPS) is 10.0. The highest BCUT2D eigenvalue weighted by molar-refractivity contribution is 5.90. The number of ether oxygens (including phenoxy) is 1. The van der Waals surface area contributed by atoms with E-state index in [-0.39, 0.29) is 0 Å². The van der Waals surface area contributed by atoms with Crippen LogP contribution in [0.3, 0.4) is 0 Å². The molecule has 0 radical (unpaired) electrons. The fourth-order valence-corrected chi connectivity index (χ4v) is 1.02. The number of alkyl halides is 2. The van der Waals surface area contributed by atoms with Crippen LogP contribution in [0, 0.1) is 17.1 Å². The summed E-state index contributed by atoms with van der Waals surface area (Å²) in [5, 5.41) is 8.40. The molecule has 0 aliphatic rings. The highest BCUT2D eigenvalue weighted by Gasteiger charge is 2.23. The van der Waals surface area contributed by atoms with Crippen LogP contribution in [0.25, 0.3) is 0 Å². The van der Waals surface area contributed by atoms with Gasteiger partial charge in [0, 0.05) is 0 Å². The molecule has 7 heteroatoms. The number of nitrogens with zero attached hydrogens (tertiary/aromatic N) is 2. The Morgan fingerprint density at radius 3 is 2.69 bits per heavy atom. The Morgan fingerprint density at radius 2 is 2.25 bits per heavy atom. The van der Waals surface area contributed by atoms with E-state index in [9.17, 15) is 18.0 Å². The fraction of sp³-hybridized carbons (Fsp3) is 0.222. The van der Waals surface area contributed by atoms with Crippen molar-refractivity contribution < 1.29 is 22.7 Å². The van der Waals surface area contributed by atoms with Gasteiger partial charge in [0.1, 0.15) is 11.8 Å². The molecule has 1 heterocycles. The van der Waals surface area contributed by atoms with Gasteiger partial charge < -0.3 is 4.74 Å². The molecule has 4 nitrogen and oxygen atoms in total. The summed E-state index contributed by atoms with van der Waals surface area (Å²) in [6, 6.07) is 1.82. The molecule has 0 aliphatic heterocycles. The summed E-state index contributed by atoms with van der Waals surface area (Å²) in [6.07, 6.45) is -3.10. The van der Waals surface area contributed by atoms with Crippen molar-refractivity contribution >= 4 is 5.97 Å². The molecular weight excluding hydrogens is 225 g/mol. The SMILES string of the molecule is COC(=O)c1cc(F)c(C#N)nc1C(F)F. The van der Waals surface area contributed by atoms with Crippen molar-refractivity contribution in [1.29, 1.82) is 5.26 Å². The lowest BCUT2D eigenvalue weighted by Gasteiger charge is -2.06. The maximum absolute atomic E-state index is 13.1. The molecule has 16 heavy (non-hydrogen) atoms. The highest BCUT2D eigenvalue weighted by atomic mass is 19.3. The molecule has 1 aromatic heterocycles. The van der Waals surface area contributed by atoms with Crippen LogP contribution in [-0.2, 0) is 4.74 Å². The van der Waals surface area contributed by atoms with Crippen molar-refractivity contribution in [2.24, 2.45) is 0 Å². The van der Waals surface area contributed by atoms with E-state index in [0.29, 0.717) is 6.07 Å². The Hall–Kier alpha value is -2.10. The Kier molecular flexibility index (Phi) is 3.45. The number of carbonyl (C=O) groups is 1. The number of carbonyl (C=O) groups excluding carboxylic acids is 1. The van der Waals surface area contributed by atoms with Crippen LogP contribution in [0.15, 0.2) is 6.07 Å². The smallest absolute Gasteiger partial charge is 0.340 e. The molecule has 1 aromatic rings. The van der Waals surface area contributed by atoms with E-state index in [2.05, 4.69) is 9.72 Å². The van der Waals surface area contributed by atoms with Crippen LogP contribution in [0.2, 0.25) is 0 Å². The molecule has 0 aliphatic carbocycles. The average Bonchev–Trinajstić information content (AvgIpc) is 2.27. The Morgan fingerprint density at radius 1 is 1.62 bits per heavy atom. The van der Waals surface area contributed by atoms with Gasteiger partial charge in [-0.2, -0.15) is 5.26 Å². The standard InChI is InChI=1S/C9H5F3N2O2/c1-16-9(15)4-2-5(10)6(3-13)14-7(4)8(11)12/h2,8H,1H3. The summed E-state index contributed by atoms with van der Waals surface area (Å²) >= 11 is 0. The van der Waals surface area contributed by atoms with E-state index in [4.69, 9.17) is 5.26 Å². The molecule has 84 valence electrons. The van der Waals surface area contributed by atoms with E-state index in [1.165, 1.54) is 6.07 Å². The first-order chi connectivity index (χ1) is 7.51. The van der Waals surface area contributed by atoms with Crippen LogP contribution >= 0.6 is 0 Å². The van der Waals surface area contributed by atoms with Gasteiger partial charge in [-0.15, -0.1) is 0 Å². The largest absolute Gasteiger partial charge is 0.465 e. The van der Waals surface area contributed by atoms with Gasteiger partial charge in [0.15, 0.2) is 11.5 Å². The van der Waals surface area contributed by atoms with E-state index >= 15 is 0 Å². The molecule has 0 bridgehead atoms. The number of methoxy groups -OCH3 is 1. The van der Waals surface area contributed by atoms with E-state index in [1.807, 2.05) is 0 Å². The molecule has 0 fully saturated rings. The number of hydrogen-bond donors (Lipinski definition) is 0. The molecule has 0 unspecified atom stereocenters. The third-order valence-corrected chi connectivity index (χ3v) is 1.72. The number of nitriles is 1. The molecule has 0 spiro atoms. The van der Waals surface area contributed by atoms with Crippen molar-refractivity contribution in [3.63, 3.8) is 0 Å². The third kappa shape index (κ3) is 2.11. The van der Waals surface area contributed by atoms with Crippen LogP contribution in [0.4, 0.5) is 13.2 Å². The van der Waals surface area contributed by atoms with Gasteiger partial charge in [-0.1, -0.05) is 0 Å². The van der Waals surface area contributed by atoms with E-state index < -0.39 is 35.2 Å². The number of rotatable bonds is 2. The van der Waals surface area contributed by atoms with Crippen LogP contribution in [0.5, 0.6) is 0 Å². The summed E-state index contributed by atoms with van der Waals surface area (Å²) in [6.45, 7) is 0. The van der Waals surface area contributed by atoms with Crippen molar-refractivity contribution in [3.05, 3.63) is 28.8 Å². The van der Waals surface area contributed by atoms with Gasteiger partial charge in [-0.25, -0.2) is 22.9 Å². The molecule has 1 rings (SSSR count). The third-order valence-electron chi connectivity index (χ3n) is 1.72. The quantitative estimate of drug-likeness (QED) is 0.727. The predicted octanol–water partition coefficient (Wildman–Crippen LogP) is 1.82. The summed E-state index contributed by atoms with van der Waals surface area (Å²) in [5.74, 6) is -2.28. The second-order valence-corrected chi connectivity index (χ2v) is 2.66. The number of pyridine rings is 1. The zero-order valence-corrected chi connectivity index (χ0v) is 8.00. The van der Waals surface area contributed by atoms with Crippen molar-refractivity contribution in [1.82, 2.24) is 4.98 Å². The summed E-state index contributed by atoms with van der Waals surface area (Å²) < 4.78 is 42.2. The molecule has 0 amide bonds. The van der Waals surface area contributed by atoms with Crippen molar-refractivity contribution in [3.8, 4) is 6.07 Å². The van der Waals surface area contributed by atoms with Gasteiger partial charge in [0.25, 0.3) is 6.43 Å². The lowest BCUT2D eigenvalue weighted by molar-refractivity contribution is 0.0586. The molecule has 0 atom stereocenters. The number of hydrogen-bond acceptors (Lipinski definition) is 4. The molecule has 0 saturated heterocycles. The second kappa shape index (κ2) is 4.61. The monoisotopic (exact) mass is 230 g/mol. The predicted molar refractivity (Wildman–Crippen MR) is 45.2 cm³/mol. The summed E-state index contributed by atoms with van der Waals surface area (Å²) in [7, 11) is 0.966. The minimum atomic E-state index is -3.10. The van der Waals surface area contributed by atoms with Gasteiger partial charge in [0.05, 0.1) is 12.7 Å². The minimum Gasteiger partial charge on any atom is -0.465 e. The van der Waals surface area contributed by atoms with E-state index in [0.717, 1.165) is 7.11 Å². The zero-order valence-electron chi connectivity index (χ0n) is 8.00. The van der Waals surface area contributed by atoms with Crippen LogP contribution < -0.4 is 0 Å². The summed E-state index contributed by atoms with van der Waals surface area (Å²) in [5.41, 5.74) is -2.44. The first-order valence-electron chi connectivity index (χ1n) is 3.98. The Balaban J connectivity index is 3.43. The number of halogens is 3. The first-order valence-corrected chi connectivity index (χ1v) is 3.98. The van der Waals surface area contributed by atoms with Gasteiger partial charge in [0.2, 0.25) is 0 Å². The van der Waals surface area contributed by atoms with E-state index in [1.54, 1.807) is 0 Å². The molecule has 0 aromatic carbocycles. The average molecular weight is 230 g/mol. The van der Waals surface area contributed by atoms with Crippen molar-refractivity contribution in [2.45, 2.75) is 6.43 Å². The lowest BCUT2D eigenvalue weighted by Crippen LogP contribution is -2.10. The first kappa shape index (κ1) is 12.0. The maximum atomic E-state index is 13.1. The fourth-order valence-electron chi connectivity index (χ4n) is 1.02. The van der Waals surface area contributed by atoms with Gasteiger partial charge in [-0.3, -0.25) is 0 Å². The number of esters is 1. The number of aromatic nitrogens is 1. The maximum Gasteiger partial charge on any atom is 0.340 e. The van der Waals surface area contributed by atoms with Crippen LogP contribution in [0.1, 0.15) is 28.2 Å².